The SMILES string of the molecule is CN(Cc1ccco1)C(=O)c1cc(C(F)(F)F)nn1C1=CC=CCC1Cl. The van der Waals surface area contributed by atoms with Crippen molar-refractivity contribution < 1.29 is 22.4 Å². The summed E-state index contributed by atoms with van der Waals surface area (Å²) in [7, 11) is 1.47. The van der Waals surface area contributed by atoms with Gasteiger partial charge in [-0.05, 0) is 24.6 Å². The molecule has 0 radical (unpaired) electrons. The average molecular weight is 386 g/mol. The number of allylic oxidation sites excluding steroid dienone is 4. The number of rotatable bonds is 4. The fourth-order valence-electron chi connectivity index (χ4n) is 2.57. The highest BCUT2D eigenvalue weighted by atomic mass is 35.5. The molecule has 0 spiro atoms. The van der Waals surface area contributed by atoms with Crippen molar-refractivity contribution in [3.8, 4) is 0 Å². The average Bonchev–Trinajstić information content (AvgIpc) is 3.23. The summed E-state index contributed by atoms with van der Waals surface area (Å²) < 4.78 is 45.6. The lowest BCUT2D eigenvalue weighted by atomic mass is 10.1. The fraction of sp³-hybridized carbons (Fsp3) is 0.294. The van der Waals surface area contributed by atoms with Gasteiger partial charge in [0.1, 0.15) is 11.5 Å². The number of hydrogen-bond acceptors (Lipinski definition) is 3. The number of aromatic nitrogens is 2. The molecule has 3 rings (SSSR count). The van der Waals surface area contributed by atoms with E-state index >= 15 is 0 Å². The van der Waals surface area contributed by atoms with Gasteiger partial charge in [0.25, 0.3) is 5.91 Å². The van der Waals surface area contributed by atoms with Crippen molar-refractivity contribution in [2.24, 2.45) is 0 Å². The Kier molecular flexibility index (Phi) is 4.95. The topological polar surface area (TPSA) is 51.3 Å². The second-order valence-electron chi connectivity index (χ2n) is 5.79. The number of halogens is 4. The van der Waals surface area contributed by atoms with Gasteiger partial charge in [0.05, 0.1) is 23.9 Å². The molecule has 1 atom stereocenters. The highest BCUT2D eigenvalue weighted by molar-refractivity contribution is 6.25. The monoisotopic (exact) mass is 385 g/mol. The van der Waals surface area contributed by atoms with Gasteiger partial charge < -0.3 is 9.32 Å². The molecule has 1 aliphatic carbocycles. The summed E-state index contributed by atoms with van der Waals surface area (Å²) >= 11 is 6.21. The van der Waals surface area contributed by atoms with Crippen molar-refractivity contribution in [1.29, 1.82) is 0 Å². The van der Waals surface area contributed by atoms with Gasteiger partial charge in [-0.2, -0.15) is 18.3 Å². The molecule has 1 unspecified atom stereocenters. The van der Waals surface area contributed by atoms with E-state index in [9.17, 15) is 18.0 Å². The number of carbonyl (C=O) groups excluding carboxylic acids is 1. The molecule has 0 aromatic carbocycles. The molecule has 9 heteroatoms. The maximum atomic E-state index is 13.1. The molecule has 0 saturated heterocycles. The van der Waals surface area contributed by atoms with Crippen molar-refractivity contribution in [3.05, 3.63) is 59.8 Å². The molecule has 1 amide bonds. The maximum Gasteiger partial charge on any atom is 0.435 e. The van der Waals surface area contributed by atoms with E-state index in [1.165, 1.54) is 18.2 Å². The van der Waals surface area contributed by atoms with Crippen molar-refractivity contribution >= 4 is 23.2 Å². The second kappa shape index (κ2) is 7.03. The summed E-state index contributed by atoms with van der Waals surface area (Å²) in [5.74, 6) is -0.110. The third-order valence-electron chi connectivity index (χ3n) is 3.85. The van der Waals surface area contributed by atoms with Crippen LogP contribution in [0.5, 0.6) is 0 Å². The van der Waals surface area contributed by atoms with E-state index in [4.69, 9.17) is 16.0 Å². The van der Waals surface area contributed by atoms with Gasteiger partial charge in [-0.15, -0.1) is 11.6 Å². The minimum Gasteiger partial charge on any atom is -0.467 e. The Morgan fingerprint density at radius 3 is 2.88 bits per heavy atom. The summed E-state index contributed by atoms with van der Waals surface area (Å²) in [6.07, 6.45) is 2.23. The van der Waals surface area contributed by atoms with Crippen LogP contribution in [0, 0.1) is 0 Å². The number of alkyl halides is 4. The minimum atomic E-state index is -4.67. The summed E-state index contributed by atoms with van der Waals surface area (Å²) in [6.45, 7) is 0.113. The molecule has 138 valence electrons. The number of nitrogens with zero attached hydrogens (tertiary/aromatic N) is 3. The highest BCUT2D eigenvalue weighted by Crippen LogP contribution is 2.32. The van der Waals surface area contributed by atoms with Crippen LogP contribution in [0.15, 0.2) is 47.1 Å². The van der Waals surface area contributed by atoms with Crippen molar-refractivity contribution in [2.45, 2.75) is 24.5 Å². The minimum absolute atomic E-state index is 0.113. The fourth-order valence-corrected chi connectivity index (χ4v) is 2.83. The lowest BCUT2D eigenvalue weighted by molar-refractivity contribution is -0.141. The number of amides is 1. The van der Waals surface area contributed by atoms with E-state index < -0.39 is 23.2 Å². The zero-order valence-corrected chi connectivity index (χ0v) is 14.5. The first-order valence-corrected chi connectivity index (χ1v) is 8.17. The lowest BCUT2D eigenvalue weighted by Gasteiger charge is -2.20. The van der Waals surface area contributed by atoms with Crippen LogP contribution in [0.4, 0.5) is 13.2 Å². The first kappa shape index (κ1) is 18.3. The molecule has 2 aromatic heterocycles. The lowest BCUT2D eigenvalue weighted by Crippen LogP contribution is -2.29. The summed E-state index contributed by atoms with van der Waals surface area (Å²) in [5.41, 5.74) is -1.04. The first-order chi connectivity index (χ1) is 12.3. The van der Waals surface area contributed by atoms with Crippen LogP contribution >= 0.6 is 11.6 Å². The van der Waals surface area contributed by atoms with Crippen LogP contribution in [-0.4, -0.2) is 33.0 Å². The quantitative estimate of drug-likeness (QED) is 0.742. The molecular weight excluding hydrogens is 371 g/mol. The first-order valence-electron chi connectivity index (χ1n) is 7.73. The maximum absolute atomic E-state index is 13.1. The zero-order valence-electron chi connectivity index (χ0n) is 13.7. The Labute approximate surface area is 152 Å². The molecule has 0 fully saturated rings. The third-order valence-corrected chi connectivity index (χ3v) is 4.25. The van der Waals surface area contributed by atoms with E-state index in [0.717, 1.165) is 10.7 Å². The zero-order chi connectivity index (χ0) is 18.9. The summed E-state index contributed by atoms with van der Waals surface area (Å²) in [6, 6.07) is 4.08. The Balaban J connectivity index is 1.99. The molecule has 0 bridgehead atoms. The molecule has 2 heterocycles. The Bertz CT molecular complexity index is 853. The van der Waals surface area contributed by atoms with Gasteiger partial charge in [-0.25, -0.2) is 4.68 Å². The van der Waals surface area contributed by atoms with Crippen molar-refractivity contribution in [2.75, 3.05) is 7.05 Å². The molecule has 2 aromatic rings. The van der Waals surface area contributed by atoms with Crippen LogP contribution in [-0.2, 0) is 12.7 Å². The summed E-state index contributed by atoms with van der Waals surface area (Å²) in [5, 5.41) is 3.01. The van der Waals surface area contributed by atoms with Crippen LogP contribution in [0.25, 0.3) is 5.70 Å². The van der Waals surface area contributed by atoms with Gasteiger partial charge in [0.15, 0.2) is 5.69 Å². The van der Waals surface area contributed by atoms with Gasteiger partial charge in [0, 0.05) is 13.1 Å². The highest BCUT2D eigenvalue weighted by Gasteiger charge is 2.37. The molecule has 5 nitrogen and oxygen atoms in total. The number of carbonyl (C=O) groups is 1. The van der Waals surface area contributed by atoms with Gasteiger partial charge in [0.2, 0.25) is 0 Å². The van der Waals surface area contributed by atoms with E-state index in [1.807, 2.05) is 0 Å². The van der Waals surface area contributed by atoms with Crippen molar-refractivity contribution in [1.82, 2.24) is 14.7 Å². The molecule has 0 N–H and O–H groups in total. The van der Waals surface area contributed by atoms with Crippen LogP contribution in [0.2, 0.25) is 0 Å². The Morgan fingerprint density at radius 1 is 1.50 bits per heavy atom. The van der Waals surface area contributed by atoms with E-state index in [1.54, 1.807) is 30.4 Å². The summed E-state index contributed by atoms with van der Waals surface area (Å²) in [4.78, 5) is 14.0. The van der Waals surface area contributed by atoms with Gasteiger partial charge in [-0.1, -0.05) is 12.2 Å². The van der Waals surface area contributed by atoms with Gasteiger partial charge in [-0.3, -0.25) is 4.79 Å². The second-order valence-corrected chi connectivity index (χ2v) is 6.31. The number of hydrogen-bond donors (Lipinski definition) is 0. The van der Waals surface area contributed by atoms with E-state index in [2.05, 4.69) is 5.10 Å². The van der Waals surface area contributed by atoms with E-state index in [0.29, 0.717) is 17.9 Å². The third kappa shape index (κ3) is 3.70. The predicted octanol–water partition coefficient (Wildman–Crippen LogP) is 4.18. The largest absolute Gasteiger partial charge is 0.467 e. The standard InChI is InChI=1S/C17H15ClF3N3O2/c1-23(10-11-5-4-8-26-11)16(25)14-9-15(17(19,20)21)22-24(14)13-7-3-2-6-12(13)18/h2-5,7-9,12H,6,10H2,1H3. The van der Waals surface area contributed by atoms with Crippen LogP contribution in [0.1, 0.15) is 28.4 Å². The van der Waals surface area contributed by atoms with Crippen LogP contribution < -0.4 is 0 Å². The number of furan rings is 1. The van der Waals surface area contributed by atoms with Crippen molar-refractivity contribution in [3.63, 3.8) is 0 Å². The molecular formula is C17H15ClF3N3O2. The van der Waals surface area contributed by atoms with E-state index in [-0.39, 0.29) is 12.2 Å². The van der Waals surface area contributed by atoms with Crippen LogP contribution in [0.3, 0.4) is 0 Å². The van der Waals surface area contributed by atoms with Gasteiger partial charge >= 0.3 is 6.18 Å². The molecule has 0 saturated carbocycles. The predicted molar refractivity (Wildman–Crippen MR) is 89.4 cm³/mol. The molecule has 1 aliphatic rings. The molecule has 0 aliphatic heterocycles. The molecule has 26 heavy (non-hydrogen) atoms. The smallest absolute Gasteiger partial charge is 0.435 e. The Morgan fingerprint density at radius 2 is 2.27 bits per heavy atom. The Hall–Kier alpha value is -2.48. The normalized spacial score (nSPS) is 17.3.